The Labute approximate surface area is 262 Å². The minimum Gasteiger partial charge on any atom is -0.475 e. The van der Waals surface area contributed by atoms with Gasteiger partial charge in [-0.15, -0.1) is 0 Å². The molecule has 0 fully saturated rings. The summed E-state index contributed by atoms with van der Waals surface area (Å²) >= 11 is 0. The van der Waals surface area contributed by atoms with Gasteiger partial charge >= 0.3 is 5.97 Å². The Balaban J connectivity index is 1.63. The number of hydrogen-bond acceptors (Lipinski definition) is 9. The molecule has 1 aliphatic rings. The van der Waals surface area contributed by atoms with E-state index in [2.05, 4.69) is 33.5 Å². The van der Waals surface area contributed by atoms with Gasteiger partial charge in [-0.1, -0.05) is 44.2 Å². The van der Waals surface area contributed by atoms with Gasteiger partial charge in [0, 0.05) is 29.9 Å². The van der Waals surface area contributed by atoms with Gasteiger partial charge in [-0.3, -0.25) is 4.79 Å². The van der Waals surface area contributed by atoms with E-state index in [4.69, 9.17) is 9.47 Å². The van der Waals surface area contributed by atoms with Crippen molar-refractivity contribution in [2.75, 3.05) is 18.4 Å². The molecule has 12 heteroatoms. The highest BCUT2D eigenvalue weighted by molar-refractivity contribution is 7.92. The van der Waals surface area contributed by atoms with Crippen LogP contribution in [-0.4, -0.2) is 59.9 Å². The Morgan fingerprint density at radius 1 is 1.07 bits per heavy atom. The lowest BCUT2D eigenvalue weighted by molar-refractivity contribution is 0.0549. The van der Waals surface area contributed by atoms with Gasteiger partial charge in [0.2, 0.25) is 11.8 Å². The van der Waals surface area contributed by atoms with Crippen molar-refractivity contribution >= 4 is 27.8 Å². The smallest absolute Gasteiger partial charge is 0.356 e. The number of benzene rings is 2. The van der Waals surface area contributed by atoms with E-state index in [1.54, 1.807) is 23.1 Å². The number of ether oxygens (including phenoxy) is 2. The van der Waals surface area contributed by atoms with Crippen LogP contribution in [0.3, 0.4) is 0 Å². The molecular weight excluding hydrogens is 594 g/mol. The molecule has 45 heavy (non-hydrogen) atoms. The number of anilines is 1. The van der Waals surface area contributed by atoms with Gasteiger partial charge in [0.05, 0.1) is 23.7 Å². The molecule has 0 spiro atoms. The number of fused-ring (bicyclic) bond motifs is 4. The minimum atomic E-state index is -4.18. The zero-order chi connectivity index (χ0) is 32.3. The average molecular weight is 630 g/mol. The predicted octanol–water partition coefficient (Wildman–Crippen LogP) is 5.19. The molecule has 4 aromatic rings. The second-order valence-corrected chi connectivity index (χ2v) is 13.1. The monoisotopic (exact) mass is 629 g/mol. The summed E-state index contributed by atoms with van der Waals surface area (Å²) in [4.78, 5) is 40.8. The SMILES string of the molecule is COC(=O)c1ccc(CN2C(=O)c3cccc(c3)S(=O)(=O)Nc3nc(cc(-c4c(C)cccc4C)n3)OC[C@H]2CC(C)C)cn1. The molecule has 3 heterocycles. The summed E-state index contributed by atoms with van der Waals surface area (Å²) in [6.07, 6.45) is 2.10. The molecule has 11 nitrogen and oxygen atoms in total. The molecule has 1 amide bonds. The Bertz CT molecular complexity index is 1820. The first-order chi connectivity index (χ1) is 21.4. The van der Waals surface area contributed by atoms with Crippen molar-refractivity contribution in [3.63, 3.8) is 0 Å². The van der Waals surface area contributed by atoms with Gasteiger partial charge in [0.1, 0.15) is 12.3 Å². The van der Waals surface area contributed by atoms with Gasteiger partial charge < -0.3 is 14.4 Å². The van der Waals surface area contributed by atoms with Crippen LogP contribution in [0.1, 0.15) is 57.8 Å². The number of aromatic nitrogens is 3. The number of amides is 1. The van der Waals surface area contributed by atoms with Crippen LogP contribution in [0.25, 0.3) is 11.3 Å². The van der Waals surface area contributed by atoms with Crippen LogP contribution in [0, 0.1) is 19.8 Å². The first kappa shape index (κ1) is 31.6. The standard InChI is InChI=1S/C33H35N5O6S/c1-20(2)14-25-19-44-29-16-28(30-21(3)8-6-9-22(30)4)35-33(36-29)37-45(41,42)26-11-7-10-24(15-26)31(39)38(25)18-23-12-13-27(34-17-23)32(40)43-5/h6-13,15-17,20,25H,14,18-19H2,1-5H3,(H,35,36,37)/t25-/m1/s1. The third-order valence-corrected chi connectivity index (χ3v) is 8.82. The molecule has 0 aliphatic carbocycles. The first-order valence-electron chi connectivity index (χ1n) is 14.5. The number of hydrogen-bond donors (Lipinski definition) is 1. The lowest BCUT2D eigenvalue weighted by Gasteiger charge is -2.33. The number of nitrogens with zero attached hydrogens (tertiary/aromatic N) is 4. The lowest BCUT2D eigenvalue weighted by Crippen LogP contribution is -2.44. The van der Waals surface area contributed by atoms with Crippen molar-refractivity contribution in [3.05, 3.63) is 94.8 Å². The highest BCUT2D eigenvalue weighted by Gasteiger charge is 2.29. The maximum Gasteiger partial charge on any atom is 0.356 e. The Hall–Kier alpha value is -4.84. The number of sulfonamides is 1. The second-order valence-electron chi connectivity index (χ2n) is 11.4. The van der Waals surface area contributed by atoms with Gasteiger partial charge in [0.15, 0.2) is 0 Å². The number of nitrogens with one attached hydrogen (secondary N) is 1. The van der Waals surface area contributed by atoms with Crippen LogP contribution in [0.15, 0.2) is 71.8 Å². The highest BCUT2D eigenvalue weighted by Crippen LogP contribution is 2.30. The van der Waals surface area contributed by atoms with Crippen LogP contribution in [0.5, 0.6) is 5.88 Å². The fraction of sp³-hybridized carbons (Fsp3) is 0.303. The number of aryl methyl sites for hydroxylation is 2. The molecule has 1 atom stereocenters. The summed E-state index contributed by atoms with van der Waals surface area (Å²) in [6.45, 7) is 8.22. The predicted molar refractivity (Wildman–Crippen MR) is 168 cm³/mol. The highest BCUT2D eigenvalue weighted by atomic mass is 32.2. The van der Waals surface area contributed by atoms with Crippen LogP contribution >= 0.6 is 0 Å². The van der Waals surface area contributed by atoms with Gasteiger partial charge in [-0.2, -0.15) is 4.98 Å². The fourth-order valence-corrected chi connectivity index (χ4v) is 6.34. The van der Waals surface area contributed by atoms with E-state index in [-0.39, 0.29) is 53.0 Å². The molecule has 1 aliphatic heterocycles. The molecule has 5 rings (SSSR count). The summed E-state index contributed by atoms with van der Waals surface area (Å²) in [5, 5.41) is 0. The molecular formula is C33H35N5O6S. The third-order valence-electron chi connectivity index (χ3n) is 7.50. The Morgan fingerprint density at radius 2 is 1.80 bits per heavy atom. The van der Waals surface area contributed by atoms with Crippen molar-refractivity contribution < 1.29 is 27.5 Å². The van der Waals surface area contributed by atoms with Crippen molar-refractivity contribution in [2.24, 2.45) is 5.92 Å². The van der Waals surface area contributed by atoms with E-state index in [0.717, 1.165) is 16.7 Å². The maximum atomic E-state index is 14.2. The second kappa shape index (κ2) is 13.0. The zero-order valence-corrected chi connectivity index (χ0v) is 26.6. The number of esters is 1. The summed E-state index contributed by atoms with van der Waals surface area (Å²) in [5.74, 6) is -0.746. The molecule has 2 aromatic heterocycles. The van der Waals surface area contributed by atoms with Crippen LogP contribution in [0.2, 0.25) is 0 Å². The average Bonchev–Trinajstić information content (AvgIpc) is 3.01. The van der Waals surface area contributed by atoms with E-state index in [1.165, 1.54) is 37.6 Å². The topological polar surface area (TPSA) is 141 Å². The molecule has 4 bridgehead atoms. The number of pyridine rings is 1. The van der Waals surface area contributed by atoms with Crippen LogP contribution in [0.4, 0.5) is 5.95 Å². The summed E-state index contributed by atoms with van der Waals surface area (Å²) in [6, 6.07) is 16.2. The van der Waals surface area contributed by atoms with Crippen LogP contribution < -0.4 is 9.46 Å². The summed E-state index contributed by atoms with van der Waals surface area (Å²) in [7, 11) is -2.90. The van der Waals surface area contributed by atoms with Gasteiger partial charge in [-0.25, -0.2) is 27.9 Å². The van der Waals surface area contributed by atoms with E-state index >= 15 is 0 Å². The van der Waals surface area contributed by atoms with Gasteiger partial charge in [0.25, 0.3) is 15.9 Å². The molecule has 0 radical (unpaired) electrons. The van der Waals surface area contributed by atoms with E-state index in [1.807, 2.05) is 32.0 Å². The van der Waals surface area contributed by atoms with Crippen LogP contribution in [-0.2, 0) is 21.3 Å². The molecule has 0 saturated carbocycles. The summed E-state index contributed by atoms with van der Waals surface area (Å²) in [5.41, 5.74) is 4.26. The van der Waals surface area contributed by atoms with Crippen molar-refractivity contribution in [3.8, 4) is 17.1 Å². The van der Waals surface area contributed by atoms with Crippen molar-refractivity contribution in [1.82, 2.24) is 19.9 Å². The third kappa shape index (κ3) is 7.12. The molecule has 234 valence electrons. The molecule has 0 unspecified atom stereocenters. The largest absolute Gasteiger partial charge is 0.475 e. The summed E-state index contributed by atoms with van der Waals surface area (Å²) < 4.78 is 40.6. The fourth-order valence-electron chi connectivity index (χ4n) is 5.35. The van der Waals surface area contributed by atoms with Gasteiger partial charge in [-0.05, 0) is 67.1 Å². The minimum absolute atomic E-state index is 0.0761. The van der Waals surface area contributed by atoms with E-state index in [9.17, 15) is 18.0 Å². The number of carbonyl (C=O) groups excluding carboxylic acids is 2. The zero-order valence-electron chi connectivity index (χ0n) is 25.8. The van der Waals surface area contributed by atoms with Crippen molar-refractivity contribution in [2.45, 2.75) is 51.6 Å². The number of methoxy groups -OCH3 is 1. The Kier molecular flexibility index (Phi) is 9.14. The lowest BCUT2D eigenvalue weighted by atomic mass is 10.00. The van der Waals surface area contributed by atoms with E-state index < -0.39 is 22.0 Å². The maximum absolute atomic E-state index is 14.2. The number of rotatable bonds is 6. The first-order valence-corrected chi connectivity index (χ1v) is 16.0. The molecule has 2 aromatic carbocycles. The van der Waals surface area contributed by atoms with E-state index in [0.29, 0.717) is 17.7 Å². The number of carbonyl (C=O) groups is 2. The normalized spacial score (nSPS) is 16.1. The Morgan fingerprint density at radius 3 is 2.47 bits per heavy atom. The quantitative estimate of drug-likeness (QED) is 0.285. The van der Waals surface area contributed by atoms with Crippen molar-refractivity contribution in [1.29, 1.82) is 0 Å². The molecule has 0 saturated heterocycles. The molecule has 1 N–H and O–H groups in total.